The lowest BCUT2D eigenvalue weighted by molar-refractivity contribution is 0.781. The van der Waals surface area contributed by atoms with E-state index >= 15 is 0 Å². The Hall–Kier alpha value is -1.17. The summed E-state index contributed by atoms with van der Waals surface area (Å²) < 4.78 is 1.45. The number of anilines is 3. The van der Waals surface area contributed by atoms with Gasteiger partial charge in [-0.05, 0) is 12.1 Å². The van der Waals surface area contributed by atoms with Gasteiger partial charge in [-0.25, -0.2) is 4.68 Å². The van der Waals surface area contributed by atoms with E-state index in [2.05, 4.69) is 15.4 Å². The first-order chi connectivity index (χ1) is 7.97. The van der Waals surface area contributed by atoms with Crippen LogP contribution in [-0.4, -0.2) is 14.8 Å². The molecule has 5 nitrogen and oxygen atoms in total. The molecule has 3 N–H and O–H groups in total. The quantitative estimate of drug-likeness (QED) is 0.835. The van der Waals surface area contributed by atoms with E-state index in [0.717, 1.165) is 0 Å². The first-order valence-corrected chi connectivity index (χ1v) is 5.69. The predicted octanol–water partition coefficient (Wildman–Crippen LogP) is 3.10. The summed E-state index contributed by atoms with van der Waals surface area (Å²) >= 11 is 17.6. The zero-order valence-corrected chi connectivity index (χ0v) is 11.0. The second-order valence-electron chi connectivity index (χ2n) is 3.30. The van der Waals surface area contributed by atoms with Crippen molar-refractivity contribution in [1.29, 1.82) is 0 Å². The van der Waals surface area contributed by atoms with E-state index in [9.17, 15) is 0 Å². The van der Waals surface area contributed by atoms with Crippen LogP contribution in [0.25, 0.3) is 0 Å². The number of hydrogen-bond donors (Lipinski definition) is 2. The Morgan fingerprint density at radius 1 is 1.24 bits per heavy atom. The Morgan fingerprint density at radius 3 is 2.29 bits per heavy atom. The molecule has 2 rings (SSSR count). The normalized spacial score (nSPS) is 10.6. The van der Waals surface area contributed by atoms with Crippen LogP contribution in [0.2, 0.25) is 15.1 Å². The molecule has 0 unspecified atom stereocenters. The maximum Gasteiger partial charge on any atom is 0.248 e. The maximum atomic E-state index is 5.89. The van der Waals surface area contributed by atoms with E-state index in [0.29, 0.717) is 32.7 Å². The van der Waals surface area contributed by atoms with E-state index in [1.165, 1.54) is 4.68 Å². The molecule has 2 aromatic rings. The lowest BCUT2D eigenvalue weighted by atomic mass is 10.3. The number of rotatable bonds is 2. The van der Waals surface area contributed by atoms with E-state index in [-0.39, 0.29) is 0 Å². The molecule has 0 radical (unpaired) electrons. The number of halogens is 3. The number of nitrogen functional groups attached to an aromatic ring is 1. The van der Waals surface area contributed by atoms with E-state index in [1.807, 2.05) is 0 Å². The van der Waals surface area contributed by atoms with Gasteiger partial charge < -0.3 is 11.1 Å². The molecule has 0 saturated heterocycles. The molecule has 0 amide bonds. The molecule has 0 saturated carbocycles. The molecule has 90 valence electrons. The number of aryl methyl sites for hydroxylation is 1. The highest BCUT2D eigenvalue weighted by Gasteiger charge is 2.08. The average Bonchev–Trinajstić information content (AvgIpc) is 2.54. The topological polar surface area (TPSA) is 68.8 Å². The largest absolute Gasteiger partial charge is 0.368 e. The van der Waals surface area contributed by atoms with Crippen LogP contribution in [0.1, 0.15) is 0 Å². The van der Waals surface area contributed by atoms with Crippen molar-refractivity contribution in [3.8, 4) is 0 Å². The molecule has 0 fully saturated rings. The summed E-state index contributed by atoms with van der Waals surface area (Å²) in [7, 11) is 1.69. The number of benzene rings is 1. The van der Waals surface area contributed by atoms with Crippen molar-refractivity contribution in [2.75, 3.05) is 11.1 Å². The first-order valence-electron chi connectivity index (χ1n) is 4.55. The van der Waals surface area contributed by atoms with Crippen LogP contribution in [0.4, 0.5) is 17.6 Å². The third-order valence-corrected chi connectivity index (χ3v) is 3.23. The Balaban J connectivity index is 2.30. The van der Waals surface area contributed by atoms with Crippen molar-refractivity contribution in [2.45, 2.75) is 0 Å². The third kappa shape index (κ3) is 2.57. The standard InChI is InChI=1S/C9H8Cl3N5/c1-17-8(13)15-9(16-17)14-4-2-5(10)7(12)6(11)3-4/h2-3H,1H3,(H3,13,14,15,16). The summed E-state index contributed by atoms with van der Waals surface area (Å²) in [6.07, 6.45) is 0. The molecular weight excluding hydrogens is 284 g/mol. The summed E-state index contributed by atoms with van der Waals surface area (Å²) in [5, 5.41) is 7.98. The van der Waals surface area contributed by atoms with Crippen LogP contribution in [-0.2, 0) is 7.05 Å². The first kappa shape index (κ1) is 12.3. The second kappa shape index (κ2) is 4.60. The van der Waals surface area contributed by atoms with Crippen molar-refractivity contribution < 1.29 is 0 Å². The van der Waals surface area contributed by atoms with Gasteiger partial charge in [0.25, 0.3) is 0 Å². The number of hydrogen-bond acceptors (Lipinski definition) is 4. The summed E-state index contributed by atoms with van der Waals surface area (Å²) in [5.74, 6) is 0.665. The van der Waals surface area contributed by atoms with E-state index in [1.54, 1.807) is 19.2 Å². The second-order valence-corrected chi connectivity index (χ2v) is 4.49. The minimum atomic E-state index is 0.304. The number of nitrogens with two attached hydrogens (primary N) is 1. The lowest BCUT2D eigenvalue weighted by Crippen LogP contribution is -1.97. The minimum Gasteiger partial charge on any atom is -0.368 e. The van der Waals surface area contributed by atoms with Gasteiger partial charge >= 0.3 is 0 Å². The Morgan fingerprint density at radius 2 is 1.82 bits per heavy atom. The van der Waals surface area contributed by atoms with Gasteiger partial charge in [-0.3, -0.25) is 0 Å². The maximum absolute atomic E-state index is 5.89. The van der Waals surface area contributed by atoms with Gasteiger partial charge in [0.2, 0.25) is 11.9 Å². The van der Waals surface area contributed by atoms with Gasteiger partial charge in [0.1, 0.15) is 0 Å². The van der Waals surface area contributed by atoms with Crippen LogP contribution in [0.5, 0.6) is 0 Å². The van der Waals surface area contributed by atoms with Crippen LogP contribution in [0.15, 0.2) is 12.1 Å². The van der Waals surface area contributed by atoms with Gasteiger partial charge in [0, 0.05) is 12.7 Å². The number of nitrogens with zero attached hydrogens (tertiary/aromatic N) is 3. The average molecular weight is 293 g/mol. The van der Waals surface area contributed by atoms with Gasteiger partial charge in [0.15, 0.2) is 0 Å². The van der Waals surface area contributed by atoms with Crippen LogP contribution in [0, 0.1) is 0 Å². The smallest absolute Gasteiger partial charge is 0.248 e. The minimum absolute atomic E-state index is 0.304. The zero-order chi connectivity index (χ0) is 12.6. The SMILES string of the molecule is Cn1nc(Nc2cc(Cl)c(Cl)c(Cl)c2)nc1N. The Labute approximate surface area is 112 Å². The van der Waals surface area contributed by atoms with Crippen molar-refractivity contribution in [3.63, 3.8) is 0 Å². The van der Waals surface area contributed by atoms with Gasteiger partial charge in [-0.2, -0.15) is 4.98 Å². The van der Waals surface area contributed by atoms with Crippen LogP contribution >= 0.6 is 34.8 Å². The highest BCUT2D eigenvalue weighted by molar-refractivity contribution is 6.48. The Kier molecular flexibility index (Phi) is 3.33. The third-order valence-electron chi connectivity index (χ3n) is 2.04. The highest BCUT2D eigenvalue weighted by Crippen LogP contribution is 2.33. The van der Waals surface area contributed by atoms with E-state index in [4.69, 9.17) is 40.5 Å². The molecule has 0 bridgehead atoms. The van der Waals surface area contributed by atoms with Gasteiger partial charge in [-0.15, -0.1) is 5.10 Å². The molecule has 0 aliphatic heterocycles. The molecule has 0 spiro atoms. The predicted molar refractivity (Wildman–Crippen MR) is 70.2 cm³/mol. The number of nitrogens with one attached hydrogen (secondary N) is 1. The molecule has 1 heterocycles. The van der Waals surface area contributed by atoms with Crippen LogP contribution < -0.4 is 11.1 Å². The Bertz CT molecular complexity index is 523. The number of aromatic nitrogens is 3. The molecule has 1 aromatic carbocycles. The molecule has 17 heavy (non-hydrogen) atoms. The molecule has 0 aliphatic carbocycles. The fourth-order valence-corrected chi connectivity index (χ4v) is 1.80. The highest BCUT2D eigenvalue weighted by atomic mass is 35.5. The molecule has 0 aliphatic rings. The summed E-state index contributed by atoms with van der Waals surface area (Å²) in [5.41, 5.74) is 6.19. The lowest BCUT2D eigenvalue weighted by Gasteiger charge is -2.05. The van der Waals surface area contributed by atoms with Crippen molar-refractivity contribution in [2.24, 2.45) is 7.05 Å². The molecule has 1 aromatic heterocycles. The molecular formula is C9H8Cl3N5. The zero-order valence-electron chi connectivity index (χ0n) is 8.71. The van der Waals surface area contributed by atoms with E-state index < -0.39 is 0 Å². The van der Waals surface area contributed by atoms with Crippen LogP contribution in [0.3, 0.4) is 0 Å². The summed E-state index contributed by atoms with van der Waals surface area (Å²) in [4.78, 5) is 3.99. The van der Waals surface area contributed by atoms with Crippen molar-refractivity contribution >= 4 is 52.4 Å². The van der Waals surface area contributed by atoms with Crippen molar-refractivity contribution in [1.82, 2.24) is 14.8 Å². The summed E-state index contributed by atoms with van der Waals surface area (Å²) in [6, 6.07) is 3.25. The fourth-order valence-electron chi connectivity index (χ4n) is 1.21. The molecule has 8 heteroatoms. The van der Waals surface area contributed by atoms with Gasteiger partial charge in [0.05, 0.1) is 15.1 Å². The van der Waals surface area contributed by atoms with Gasteiger partial charge in [-0.1, -0.05) is 34.8 Å². The summed E-state index contributed by atoms with van der Waals surface area (Å²) in [6.45, 7) is 0. The monoisotopic (exact) mass is 291 g/mol. The van der Waals surface area contributed by atoms with Crippen molar-refractivity contribution in [3.05, 3.63) is 27.2 Å². The fraction of sp³-hybridized carbons (Fsp3) is 0.111. The molecule has 0 atom stereocenters.